The highest BCUT2D eigenvalue weighted by Gasteiger charge is 2.29. The fourth-order valence-corrected chi connectivity index (χ4v) is 7.28. The van der Waals surface area contributed by atoms with Gasteiger partial charge in [-0.3, -0.25) is 0 Å². The third-order valence-corrected chi connectivity index (χ3v) is 9.30. The summed E-state index contributed by atoms with van der Waals surface area (Å²) in [7, 11) is -2.98. The van der Waals surface area contributed by atoms with Gasteiger partial charge in [-0.15, -0.1) is 0 Å². The SMILES string of the molecule is O=P(c1ccccc1)(c1ccccc1)c1ccc2cc3cc4ccccc4cc3cc2c1. The van der Waals surface area contributed by atoms with Crippen LogP contribution in [0.1, 0.15) is 0 Å². The van der Waals surface area contributed by atoms with Gasteiger partial charge in [0.15, 0.2) is 7.14 Å². The van der Waals surface area contributed by atoms with E-state index in [2.05, 4.69) is 60.7 Å². The topological polar surface area (TPSA) is 17.1 Å². The first-order valence-corrected chi connectivity index (χ1v) is 12.5. The number of hydrogen-bond acceptors (Lipinski definition) is 1. The average molecular weight is 428 g/mol. The molecule has 32 heavy (non-hydrogen) atoms. The predicted molar refractivity (Wildman–Crippen MR) is 138 cm³/mol. The zero-order valence-electron chi connectivity index (χ0n) is 17.5. The molecule has 2 heteroatoms. The van der Waals surface area contributed by atoms with E-state index in [0.717, 1.165) is 26.7 Å². The highest BCUT2D eigenvalue weighted by molar-refractivity contribution is 7.85. The smallest absolute Gasteiger partial charge is 0.171 e. The minimum Gasteiger partial charge on any atom is -0.309 e. The summed E-state index contributed by atoms with van der Waals surface area (Å²) in [6.07, 6.45) is 0. The van der Waals surface area contributed by atoms with Crippen molar-refractivity contribution in [3.63, 3.8) is 0 Å². The Morgan fingerprint density at radius 1 is 0.344 bits per heavy atom. The molecule has 6 rings (SSSR count). The molecule has 0 atom stereocenters. The molecule has 0 N–H and O–H groups in total. The second-order valence-corrected chi connectivity index (χ2v) is 11.0. The van der Waals surface area contributed by atoms with Crippen molar-refractivity contribution < 1.29 is 4.57 Å². The Hall–Kier alpha value is -3.67. The van der Waals surface area contributed by atoms with Gasteiger partial charge in [0, 0.05) is 15.9 Å². The Morgan fingerprint density at radius 3 is 1.28 bits per heavy atom. The molecule has 0 saturated heterocycles. The maximum Gasteiger partial charge on any atom is 0.171 e. The van der Waals surface area contributed by atoms with Crippen LogP contribution in [-0.4, -0.2) is 0 Å². The van der Waals surface area contributed by atoms with Crippen LogP contribution in [-0.2, 0) is 4.57 Å². The minimum absolute atomic E-state index is 0.859. The molecule has 0 heterocycles. The number of fused-ring (bicyclic) bond motifs is 3. The summed E-state index contributed by atoms with van der Waals surface area (Å²) >= 11 is 0. The molecular formula is C30H21OP. The van der Waals surface area contributed by atoms with Gasteiger partial charge < -0.3 is 4.57 Å². The van der Waals surface area contributed by atoms with Gasteiger partial charge in [0.1, 0.15) is 0 Å². The Labute approximate surface area is 187 Å². The van der Waals surface area contributed by atoms with E-state index in [0.29, 0.717) is 0 Å². The number of rotatable bonds is 3. The first-order chi connectivity index (χ1) is 15.7. The molecule has 0 fully saturated rings. The molecule has 1 nitrogen and oxygen atoms in total. The molecule has 0 aromatic heterocycles. The third-order valence-electron chi connectivity index (χ3n) is 6.25. The van der Waals surface area contributed by atoms with Crippen LogP contribution >= 0.6 is 7.14 Å². The lowest BCUT2D eigenvalue weighted by Crippen LogP contribution is -2.24. The molecule has 6 aromatic carbocycles. The lowest BCUT2D eigenvalue weighted by molar-refractivity contribution is 0.592. The van der Waals surface area contributed by atoms with Crippen molar-refractivity contribution in [2.24, 2.45) is 0 Å². The molecular weight excluding hydrogens is 407 g/mol. The summed E-state index contributed by atoms with van der Waals surface area (Å²) in [5, 5.41) is 9.74. The Kier molecular flexibility index (Phi) is 4.45. The van der Waals surface area contributed by atoms with E-state index in [9.17, 15) is 4.57 Å². The predicted octanol–water partition coefficient (Wildman–Crippen LogP) is 6.79. The van der Waals surface area contributed by atoms with Crippen molar-refractivity contribution in [2.45, 2.75) is 0 Å². The standard InChI is InChI=1S/C30H21OP/c31-32(28-11-3-1-4-12-28,29-13-5-2-6-14-29)30-16-15-24-19-25-17-22-9-7-8-10-23(22)18-26(25)20-27(24)21-30/h1-21H. The van der Waals surface area contributed by atoms with Gasteiger partial charge in [-0.1, -0.05) is 97.1 Å². The van der Waals surface area contributed by atoms with Crippen LogP contribution in [0.25, 0.3) is 32.3 Å². The number of benzene rings is 6. The molecule has 152 valence electrons. The van der Waals surface area contributed by atoms with Gasteiger partial charge in [-0.2, -0.15) is 0 Å². The highest BCUT2D eigenvalue weighted by Crippen LogP contribution is 2.43. The van der Waals surface area contributed by atoms with Crippen LogP contribution in [0, 0.1) is 0 Å². The van der Waals surface area contributed by atoms with Crippen molar-refractivity contribution in [1.82, 2.24) is 0 Å². The van der Waals surface area contributed by atoms with Gasteiger partial charge in [-0.05, 0) is 62.6 Å². The summed E-state index contributed by atoms with van der Waals surface area (Å²) in [4.78, 5) is 0. The van der Waals surface area contributed by atoms with E-state index in [4.69, 9.17) is 0 Å². The molecule has 0 bridgehead atoms. The first-order valence-electron chi connectivity index (χ1n) is 10.8. The molecule has 0 unspecified atom stereocenters. The summed E-state index contributed by atoms with van der Waals surface area (Å²) < 4.78 is 14.7. The lowest BCUT2D eigenvalue weighted by Gasteiger charge is -2.20. The Bertz CT molecular complexity index is 1590. The first kappa shape index (κ1) is 19.0. The molecule has 0 amide bonds. The van der Waals surface area contributed by atoms with Crippen LogP contribution < -0.4 is 15.9 Å². The van der Waals surface area contributed by atoms with Crippen molar-refractivity contribution in [3.8, 4) is 0 Å². The second kappa shape index (κ2) is 7.48. The summed E-state index contributed by atoms with van der Waals surface area (Å²) in [5.41, 5.74) is 0. The van der Waals surface area contributed by atoms with Crippen LogP contribution in [0.15, 0.2) is 127 Å². The Morgan fingerprint density at radius 2 is 0.750 bits per heavy atom. The van der Waals surface area contributed by atoms with E-state index < -0.39 is 7.14 Å². The van der Waals surface area contributed by atoms with Crippen LogP contribution in [0.4, 0.5) is 0 Å². The summed E-state index contributed by atoms with van der Waals surface area (Å²) in [6.45, 7) is 0. The van der Waals surface area contributed by atoms with Gasteiger partial charge in [-0.25, -0.2) is 0 Å². The van der Waals surface area contributed by atoms with Crippen molar-refractivity contribution in [2.75, 3.05) is 0 Å². The minimum atomic E-state index is -2.98. The summed E-state index contributed by atoms with van der Waals surface area (Å²) in [6, 6.07) is 43.3. The van der Waals surface area contributed by atoms with Crippen LogP contribution in [0.5, 0.6) is 0 Å². The molecule has 0 aliphatic heterocycles. The monoisotopic (exact) mass is 428 g/mol. The largest absolute Gasteiger partial charge is 0.309 e. The normalized spacial score (nSPS) is 11.9. The van der Waals surface area contributed by atoms with Crippen molar-refractivity contribution in [3.05, 3.63) is 127 Å². The van der Waals surface area contributed by atoms with Gasteiger partial charge in [0.05, 0.1) is 0 Å². The van der Waals surface area contributed by atoms with E-state index in [1.165, 1.54) is 21.5 Å². The van der Waals surface area contributed by atoms with E-state index in [1.54, 1.807) is 0 Å². The third kappa shape index (κ3) is 3.06. The van der Waals surface area contributed by atoms with E-state index in [-0.39, 0.29) is 0 Å². The fraction of sp³-hybridized carbons (Fsp3) is 0. The molecule has 0 aliphatic carbocycles. The average Bonchev–Trinajstić information content (AvgIpc) is 2.86. The molecule has 6 aromatic rings. The maximum atomic E-state index is 14.7. The molecule has 0 spiro atoms. The molecule has 0 radical (unpaired) electrons. The number of hydrogen-bond donors (Lipinski definition) is 0. The quantitative estimate of drug-likeness (QED) is 0.224. The second-order valence-electron chi connectivity index (χ2n) is 8.21. The zero-order valence-corrected chi connectivity index (χ0v) is 18.4. The van der Waals surface area contributed by atoms with Crippen molar-refractivity contribution >= 4 is 55.4 Å². The van der Waals surface area contributed by atoms with Gasteiger partial charge >= 0.3 is 0 Å². The van der Waals surface area contributed by atoms with E-state index >= 15 is 0 Å². The van der Waals surface area contributed by atoms with E-state index in [1.807, 2.05) is 66.7 Å². The molecule has 0 saturated carbocycles. The highest BCUT2D eigenvalue weighted by atomic mass is 31.2. The van der Waals surface area contributed by atoms with Crippen LogP contribution in [0.3, 0.4) is 0 Å². The Balaban J connectivity index is 1.60. The van der Waals surface area contributed by atoms with Crippen molar-refractivity contribution in [1.29, 1.82) is 0 Å². The maximum absolute atomic E-state index is 14.7. The zero-order chi connectivity index (χ0) is 21.5. The lowest BCUT2D eigenvalue weighted by atomic mass is 10.00. The fourth-order valence-electron chi connectivity index (χ4n) is 4.60. The van der Waals surface area contributed by atoms with Gasteiger partial charge in [0.2, 0.25) is 0 Å². The molecule has 0 aliphatic rings. The van der Waals surface area contributed by atoms with Gasteiger partial charge in [0.25, 0.3) is 0 Å². The summed E-state index contributed by atoms with van der Waals surface area (Å²) in [5.74, 6) is 0. The van der Waals surface area contributed by atoms with Crippen LogP contribution in [0.2, 0.25) is 0 Å².